The van der Waals surface area contributed by atoms with Crippen molar-refractivity contribution in [3.8, 4) is 6.07 Å². The highest BCUT2D eigenvalue weighted by molar-refractivity contribution is 5.97. The van der Waals surface area contributed by atoms with Crippen LogP contribution in [0.1, 0.15) is 77.6 Å². The third-order valence-electron chi connectivity index (χ3n) is 4.26. The van der Waals surface area contributed by atoms with Crippen LogP contribution in [0.25, 0.3) is 0 Å². The molecule has 1 amide bonds. The van der Waals surface area contributed by atoms with Crippen molar-refractivity contribution in [2.24, 2.45) is 0 Å². The van der Waals surface area contributed by atoms with Gasteiger partial charge in [-0.2, -0.15) is 5.26 Å². The third-order valence-corrected chi connectivity index (χ3v) is 4.26. The number of rotatable bonds is 4. The Kier molecular flexibility index (Phi) is 10.2. The maximum absolute atomic E-state index is 12.2. The second kappa shape index (κ2) is 12.1. The van der Waals surface area contributed by atoms with Crippen molar-refractivity contribution in [3.63, 3.8) is 0 Å². The Hall–Kier alpha value is -1.50. The topological polar surface area (TPSA) is 64.9 Å². The first-order chi connectivity index (χ1) is 10.8. The summed E-state index contributed by atoms with van der Waals surface area (Å²) >= 11 is 0. The molecule has 0 aromatic carbocycles. The number of carbonyl (C=O) groups excluding carboxylic acids is 1. The van der Waals surface area contributed by atoms with E-state index in [2.05, 4.69) is 10.6 Å². The van der Waals surface area contributed by atoms with Crippen LogP contribution < -0.4 is 10.6 Å². The van der Waals surface area contributed by atoms with E-state index in [4.69, 9.17) is 5.26 Å². The first kappa shape index (κ1) is 18.5. The second-order valence-electron chi connectivity index (χ2n) is 6.16. The minimum atomic E-state index is -0.236. The van der Waals surface area contributed by atoms with Gasteiger partial charge in [0.2, 0.25) is 0 Å². The zero-order chi connectivity index (χ0) is 16.0. The van der Waals surface area contributed by atoms with E-state index >= 15 is 0 Å². The van der Waals surface area contributed by atoms with Gasteiger partial charge in [-0.1, -0.05) is 57.8 Å². The van der Waals surface area contributed by atoms with Gasteiger partial charge in [0.05, 0.1) is 0 Å². The molecule has 0 heterocycles. The molecule has 1 aliphatic rings. The highest BCUT2D eigenvalue weighted by Crippen LogP contribution is 2.17. The van der Waals surface area contributed by atoms with Gasteiger partial charge < -0.3 is 10.6 Å². The van der Waals surface area contributed by atoms with Crippen molar-refractivity contribution in [1.29, 1.82) is 5.26 Å². The molecule has 0 spiro atoms. The SMILES string of the molecule is CCN/C=C(/C#N)C(=O)NC1CCCCCCCCCCC1. The van der Waals surface area contributed by atoms with Crippen molar-refractivity contribution in [2.75, 3.05) is 6.54 Å². The number of carbonyl (C=O) groups is 1. The largest absolute Gasteiger partial charge is 0.390 e. The Balaban J connectivity index is 2.50. The molecule has 0 atom stereocenters. The number of nitrogens with one attached hydrogen (secondary N) is 2. The maximum Gasteiger partial charge on any atom is 0.263 e. The molecule has 1 aliphatic carbocycles. The predicted octanol–water partition coefficient (Wildman–Crippen LogP) is 3.79. The Morgan fingerprint density at radius 3 is 2.00 bits per heavy atom. The molecule has 0 aliphatic heterocycles. The van der Waals surface area contributed by atoms with E-state index in [1.807, 2.05) is 13.0 Å². The zero-order valence-corrected chi connectivity index (χ0v) is 14.0. The molecule has 0 aromatic heterocycles. The van der Waals surface area contributed by atoms with Crippen LogP contribution in [-0.2, 0) is 4.79 Å². The summed E-state index contributed by atoms with van der Waals surface area (Å²) in [7, 11) is 0. The summed E-state index contributed by atoms with van der Waals surface area (Å²) in [6.45, 7) is 2.65. The summed E-state index contributed by atoms with van der Waals surface area (Å²) in [5.74, 6) is -0.236. The van der Waals surface area contributed by atoms with E-state index in [1.165, 1.54) is 64.0 Å². The van der Waals surface area contributed by atoms with Gasteiger partial charge in [0.15, 0.2) is 0 Å². The fraction of sp³-hybridized carbons (Fsp3) is 0.778. The van der Waals surface area contributed by atoms with Crippen LogP contribution in [0.5, 0.6) is 0 Å². The minimum Gasteiger partial charge on any atom is -0.390 e. The van der Waals surface area contributed by atoms with Gasteiger partial charge >= 0.3 is 0 Å². The molecule has 0 unspecified atom stereocenters. The Bertz CT molecular complexity index is 372. The van der Waals surface area contributed by atoms with E-state index in [0.717, 1.165) is 12.8 Å². The predicted molar refractivity (Wildman–Crippen MR) is 90.1 cm³/mol. The van der Waals surface area contributed by atoms with E-state index in [-0.39, 0.29) is 17.5 Å². The molecule has 0 bridgehead atoms. The summed E-state index contributed by atoms with van der Waals surface area (Å²) in [5.41, 5.74) is 0.174. The standard InChI is InChI=1S/C18H31N3O/c1-2-20-15-16(14-19)18(22)21-17-12-10-8-6-4-3-5-7-9-11-13-17/h15,17,20H,2-13H2,1H3,(H,21,22)/b16-15-. The third kappa shape index (κ3) is 8.07. The monoisotopic (exact) mass is 305 g/mol. The molecule has 4 nitrogen and oxygen atoms in total. The lowest BCUT2D eigenvalue weighted by Crippen LogP contribution is -2.36. The van der Waals surface area contributed by atoms with Gasteiger partial charge in [0.1, 0.15) is 11.6 Å². The second-order valence-corrected chi connectivity index (χ2v) is 6.16. The Labute approximate surface area is 135 Å². The fourth-order valence-corrected chi connectivity index (χ4v) is 2.92. The highest BCUT2D eigenvalue weighted by atomic mass is 16.1. The normalized spacial score (nSPS) is 19.4. The first-order valence-electron chi connectivity index (χ1n) is 8.92. The molecule has 1 rings (SSSR count). The molecular formula is C18H31N3O. The summed E-state index contributed by atoms with van der Waals surface area (Å²) in [5, 5.41) is 15.1. The minimum absolute atomic E-state index is 0.174. The molecule has 2 N–H and O–H groups in total. The molecule has 0 aromatic rings. The van der Waals surface area contributed by atoms with Crippen molar-refractivity contribution in [1.82, 2.24) is 10.6 Å². The van der Waals surface area contributed by atoms with Gasteiger partial charge in [-0.25, -0.2) is 0 Å². The maximum atomic E-state index is 12.2. The summed E-state index contributed by atoms with van der Waals surface area (Å²) < 4.78 is 0. The fourth-order valence-electron chi connectivity index (χ4n) is 2.92. The van der Waals surface area contributed by atoms with Crippen molar-refractivity contribution >= 4 is 5.91 Å². The van der Waals surface area contributed by atoms with Gasteiger partial charge in [0.25, 0.3) is 5.91 Å². The summed E-state index contributed by atoms with van der Waals surface area (Å²) in [6, 6.07) is 2.19. The van der Waals surface area contributed by atoms with Crippen molar-refractivity contribution in [3.05, 3.63) is 11.8 Å². The molecule has 1 fully saturated rings. The van der Waals surface area contributed by atoms with Crippen LogP contribution in [0.15, 0.2) is 11.8 Å². The molecule has 22 heavy (non-hydrogen) atoms. The van der Waals surface area contributed by atoms with Crippen molar-refractivity contribution in [2.45, 2.75) is 83.6 Å². The molecule has 124 valence electrons. The first-order valence-corrected chi connectivity index (χ1v) is 8.92. The van der Waals surface area contributed by atoms with Gasteiger partial charge in [-0.05, 0) is 19.8 Å². The van der Waals surface area contributed by atoms with Gasteiger partial charge in [-0.15, -0.1) is 0 Å². The van der Waals surface area contributed by atoms with Gasteiger partial charge in [-0.3, -0.25) is 4.79 Å². The van der Waals surface area contributed by atoms with E-state index in [0.29, 0.717) is 6.54 Å². The molecule has 0 saturated heterocycles. The lowest BCUT2D eigenvalue weighted by molar-refractivity contribution is -0.117. The number of nitriles is 1. The molecule has 0 radical (unpaired) electrons. The van der Waals surface area contributed by atoms with Crippen LogP contribution in [0, 0.1) is 11.3 Å². The lowest BCUT2D eigenvalue weighted by Gasteiger charge is -2.19. The number of amides is 1. The van der Waals surface area contributed by atoms with Crippen LogP contribution in [-0.4, -0.2) is 18.5 Å². The summed E-state index contributed by atoms with van der Waals surface area (Å²) in [4.78, 5) is 12.2. The van der Waals surface area contributed by atoms with E-state index in [1.54, 1.807) is 0 Å². The number of hydrogen-bond donors (Lipinski definition) is 2. The average Bonchev–Trinajstić information content (AvgIpc) is 2.50. The summed E-state index contributed by atoms with van der Waals surface area (Å²) in [6.07, 6.45) is 15.1. The van der Waals surface area contributed by atoms with E-state index in [9.17, 15) is 4.79 Å². The molecule has 1 saturated carbocycles. The Morgan fingerprint density at radius 2 is 1.55 bits per heavy atom. The number of hydrogen-bond acceptors (Lipinski definition) is 3. The average molecular weight is 305 g/mol. The Morgan fingerprint density at radius 1 is 1.05 bits per heavy atom. The number of nitrogens with zero attached hydrogens (tertiary/aromatic N) is 1. The van der Waals surface area contributed by atoms with Crippen molar-refractivity contribution < 1.29 is 4.79 Å². The quantitative estimate of drug-likeness (QED) is 0.613. The lowest BCUT2D eigenvalue weighted by atomic mass is 9.98. The van der Waals surface area contributed by atoms with Crippen LogP contribution in [0.2, 0.25) is 0 Å². The smallest absolute Gasteiger partial charge is 0.263 e. The van der Waals surface area contributed by atoms with Gasteiger partial charge in [0, 0.05) is 18.8 Å². The van der Waals surface area contributed by atoms with Crippen LogP contribution in [0.3, 0.4) is 0 Å². The van der Waals surface area contributed by atoms with Crippen LogP contribution >= 0.6 is 0 Å². The van der Waals surface area contributed by atoms with E-state index < -0.39 is 0 Å². The van der Waals surface area contributed by atoms with Crippen LogP contribution in [0.4, 0.5) is 0 Å². The highest BCUT2D eigenvalue weighted by Gasteiger charge is 2.15. The molecule has 4 heteroatoms. The zero-order valence-electron chi connectivity index (χ0n) is 14.0. The molecular weight excluding hydrogens is 274 g/mol.